The van der Waals surface area contributed by atoms with E-state index in [1.54, 1.807) is 0 Å². The van der Waals surface area contributed by atoms with E-state index < -0.39 is 5.97 Å². The van der Waals surface area contributed by atoms with E-state index in [0.717, 1.165) is 32.1 Å². The SMILES string of the molecule is CCCCC/C=C\C/C=C\CCCCCCCC(=O)[O-].[O-2].[Zr+3]. The first-order valence-corrected chi connectivity index (χ1v) is 8.27. The molecule has 125 valence electrons. The van der Waals surface area contributed by atoms with E-state index in [2.05, 4.69) is 31.2 Å². The van der Waals surface area contributed by atoms with Gasteiger partial charge in [-0.25, -0.2) is 0 Å². The number of carbonyl (C=O) groups is 1. The summed E-state index contributed by atoms with van der Waals surface area (Å²) >= 11 is 0. The van der Waals surface area contributed by atoms with Crippen molar-refractivity contribution in [1.29, 1.82) is 0 Å². The minimum atomic E-state index is -0.921. The third kappa shape index (κ3) is 24.8. The quantitative estimate of drug-likeness (QED) is 0.327. The summed E-state index contributed by atoms with van der Waals surface area (Å²) in [5.41, 5.74) is 0. The van der Waals surface area contributed by atoms with Gasteiger partial charge in [0.25, 0.3) is 0 Å². The van der Waals surface area contributed by atoms with Gasteiger partial charge in [-0.15, -0.1) is 0 Å². The van der Waals surface area contributed by atoms with Crippen LogP contribution < -0.4 is 5.11 Å². The molecule has 0 spiro atoms. The van der Waals surface area contributed by atoms with Crippen molar-refractivity contribution >= 4 is 5.97 Å². The number of hydrogen-bond donors (Lipinski definition) is 0. The summed E-state index contributed by atoms with van der Waals surface area (Å²) < 4.78 is 0. The number of aliphatic carboxylic acids is 1. The predicted octanol–water partition coefficient (Wildman–Crippen LogP) is 4.43. The first kappa shape index (κ1) is 26.7. The molecular weight excluding hydrogens is 355 g/mol. The largest absolute Gasteiger partial charge is 3.00 e. The van der Waals surface area contributed by atoms with Gasteiger partial charge in [-0.1, -0.05) is 63.3 Å². The fourth-order valence-corrected chi connectivity index (χ4v) is 2.08. The second-order valence-corrected chi connectivity index (χ2v) is 5.35. The Bertz CT molecular complexity index is 276. The van der Waals surface area contributed by atoms with E-state index in [1.165, 1.54) is 38.5 Å². The fourth-order valence-electron chi connectivity index (χ4n) is 2.08. The predicted molar refractivity (Wildman–Crippen MR) is 85.1 cm³/mol. The molecule has 1 radical (unpaired) electrons. The van der Waals surface area contributed by atoms with E-state index in [0.29, 0.717) is 0 Å². The molecule has 4 heteroatoms. The van der Waals surface area contributed by atoms with Crippen LogP contribution in [0.25, 0.3) is 0 Å². The molecule has 0 saturated heterocycles. The molecule has 0 bridgehead atoms. The van der Waals surface area contributed by atoms with Crippen LogP contribution >= 0.6 is 0 Å². The molecule has 0 fully saturated rings. The third-order valence-electron chi connectivity index (χ3n) is 3.33. The molecule has 0 amide bonds. The van der Waals surface area contributed by atoms with Crippen LogP contribution in [0.15, 0.2) is 24.3 Å². The molecule has 0 rings (SSSR count). The summed E-state index contributed by atoms with van der Waals surface area (Å²) in [5.74, 6) is -0.921. The van der Waals surface area contributed by atoms with Gasteiger partial charge in [0.05, 0.1) is 0 Å². The van der Waals surface area contributed by atoms with Gasteiger partial charge in [0.15, 0.2) is 0 Å². The molecule has 3 nitrogen and oxygen atoms in total. The molecule has 0 aromatic carbocycles. The molecule has 0 aromatic rings. The molecule has 22 heavy (non-hydrogen) atoms. The van der Waals surface area contributed by atoms with E-state index in [1.807, 2.05) is 0 Å². The van der Waals surface area contributed by atoms with Gasteiger partial charge < -0.3 is 15.4 Å². The van der Waals surface area contributed by atoms with Crippen molar-refractivity contribution in [1.82, 2.24) is 0 Å². The number of carboxylic acids is 1. The summed E-state index contributed by atoms with van der Waals surface area (Å²) in [6, 6.07) is 0. The topological polar surface area (TPSA) is 68.6 Å². The molecule has 0 atom stereocenters. The van der Waals surface area contributed by atoms with Crippen molar-refractivity contribution in [2.75, 3.05) is 0 Å². The van der Waals surface area contributed by atoms with Gasteiger partial charge in [-0.3, -0.25) is 0 Å². The Morgan fingerprint density at radius 3 is 1.86 bits per heavy atom. The molecule has 0 aliphatic carbocycles. The van der Waals surface area contributed by atoms with Crippen LogP contribution in [0, 0.1) is 0 Å². The van der Waals surface area contributed by atoms with Crippen molar-refractivity contribution < 1.29 is 41.6 Å². The Balaban J connectivity index is -0.00000180. The van der Waals surface area contributed by atoms with Crippen molar-refractivity contribution in [2.45, 2.75) is 84.0 Å². The van der Waals surface area contributed by atoms with Crippen LogP contribution in [0.4, 0.5) is 0 Å². The van der Waals surface area contributed by atoms with Gasteiger partial charge in [-0.2, -0.15) is 0 Å². The van der Waals surface area contributed by atoms with Crippen molar-refractivity contribution in [3.8, 4) is 0 Å². The van der Waals surface area contributed by atoms with E-state index >= 15 is 0 Å². The van der Waals surface area contributed by atoms with Crippen molar-refractivity contribution in [3.63, 3.8) is 0 Å². The van der Waals surface area contributed by atoms with Crippen molar-refractivity contribution in [2.24, 2.45) is 0 Å². The van der Waals surface area contributed by atoms with Crippen LogP contribution in [0.3, 0.4) is 0 Å². The maximum atomic E-state index is 10.2. The summed E-state index contributed by atoms with van der Waals surface area (Å²) in [6.45, 7) is 2.23. The molecule has 0 saturated carbocycles. The van der Waals surface area contributed by atoms with Crippen molar-refractivity contribution in [3.05, 3.63) is 24.3 Å². The number of carboxylic acid groups (broad SMARTS) is 1. The molecule has 0 heterocycles. The van der Waals surface area contributed by atoms with E-state index in [-0.39, 0.29) is 38.1 Å². The second-order valence-electron chi connectivity index (χ2n) is 5.35. The average molecular weight is 387 g/mol. The second kappa shape index (κ2) is 23.1. The standard InChI is InChI=1S/C18H32O2.O.Zr/c1-2-3-4-5-6-7-8-9-10-11-12-13-14-15-16-17-18(19)20;;/h6-7,9-10H,2-5,8,11-17H2,1H3,(H,19,20);;/q;-2;+3/p-1/b7-6-,10-9-;;. The van der Waals surface area contributed by atoms with Gasteiger partial charge >= 0.3 is 26.2 Å². The minimum Gasteiger partial charge on any atom is -2.00 e. The number of hydrogen-bond acceptors (Lipinski definition) is 2. The first-order valence-electron chi connectivity index (χ1n) is 8.27. The molecule has 0 N–H and O–H groups in total. The summed E-state index contributed by atoms with van der Waals surface area (Å²) in [7, 11) is 0. The zero-order valence-corrected chi connectivity index (χ0v) is 16.5. The summed E-state index contributed by atoms with van der Waals surface area (Å²) in [6.07, 6.45) is 21.9. The summed E-state index contributed by atoms with van der Waals surface area (Å²) in [4.78, 5) is 10.2. The van der Waals surface area contributed by atoms with Crippen LogP contribution in [-0.4, -0.2) is 5.97 Å². The smallest absolute Gasteiger partial charge is 2.00 e. The van der Waals surface area contributed by atoms with Gasteiger partial charge in [0, 0.05) is 5.97 Å². The Labute approximate surface area is 155 Å². The fraction of sp³-hybridized carbons (Fsp3) is 0.722. The summed E-state index contributed by atoms with van der Waals surface area (Å²) in [5, 5.41) is 10.2. The normalized spacial score (nSPS) is 10.6. The first-order chi connectivity index (χ1) is 9.77. The van der Waals surface area contributed by atoms with Crippen LogP contribution in [0.1, 0.15) is 84.0 Å². The maximum absolute atomic E-state index is 10.2. The molecule has 0 aliphatic heterocycles. The molecule has 0 aliphatic rings. The average Bonchev–Trinajstić information content (AvgIpc) is 2.43. The zero-order valence-electron chi connectivity index (χ0n) is 14.0. The Morgan fingerprint density at radius 1 is 0.818 bits per heavy atom. The Kier molecular flexibility index (Phi) is 28.0. The molecular formula is C18H31O3Zr. The van der Waals surface area contributed by atoms with E-state index in [4.69, 9.17) is 0 Å². The van der Waals surface area contributed by atoms with Crippen LogP contribution in [0.5, 0.6) is 0 Å². The van der Waals surface area contributed by atoms with Gasteiger partial charge in [0.2, 0.25) is 0 Å². The third-order valence-corrected chi connectivity index (χ3v) is 3.33. The number of unbranched alkanes of at least 4 members (excludes halogenated alkanes) is 8. The van der Waals surface area contributed by atoms with E-state index in [9.17, 15) is 9.90 Å². The maximum Gasteiger partial charge on any atom is 3.00 e. The van der Waals surface area contributed by atoms with Gasteiger partial charge in [0.1, 0.15) is 0 Å². The Hall–Kier alpha value is -0.207. The number of rotatable bonds is 14. The number of allylic oxidation sites excluding steroid dienone is 4. The monoisotopic (exact) mass is 385 g/mol. The van der Waals surface area contributed by atoms with Gasteiger partial charge in [-0.05, 0) is 44.9 Å². The van der Waals surface area contributed by atoms with Crippen LogP contribution in [-0.2, 0) is 36.5 Å². The van der Waals surface area contributed by atoms with Crippen LogP contribution in [0.2, 0.25) is 0 Å². The number of carbonyl (C=O) groups excluding carboxylic acids is 1. The molecule has 0 aromatic heterocycles. The minimum absolute atomic E-state index is 0. The Morgan fingerprint density at radius 2 is 1.32 bits per heavy atom. The molecule has 0 unspecified atom stereocenters. The zero-order chi connectivity index (χ0) is 14.9.